The molecule has 1 heterocycles. The molecule has 0 saturated carbocycles. The normalized spacial score (nSPS) is 24.8. The fraction of sp³-hybridized carbons (Fsp3) is 0.182. The minimum Gasteiger partial charge on any atom is -0.480 e. The number of rotatable bonds is 1. The first-order valence-corrected chi connectivity index (χ1v) is 4.60. The molecule has 19 heavy (non-hydrogen) atoms. The van der Waals surface area contributed by atoms with E-state index in [2.05, 4.69) is 4.99 Å². The van der Waals surface area contributed by atoms with Gasteiger partial charge < -0.3 is 5.11 Å². The number of carboxylic acid groups (broad SMARTS) is 1. The van der Waals surface area contributed by atoms with Gasteiger partial charge in [-0.3, -0.25) is 4.99 Å². The Balaban J connectivity index is 3.88. The molecule has 88 valence electrons. The van der Waals surface area contributed by atoms with Gasteiger partial charge >= 0.3 is 5.97 Å². The molecule has 1 aliphatic heterocycles. The van der Waals surface area contributed by atoms with E-state index in [1.54, 1.807) is 0 Å². The Hall–Kier alpha value is -3.67. The highest BCUT2D eigenvalue weighted by Crippen LogP contribution is 2.38. The van der Waals surface area contributed by atoms with Gasteiger partial charge in [-0.1, -0.05) is 0 Å². The van der Waals surface area contributed by atoms with E-state index in [4.69, 9.17) is 31.4 Å². The van der Waals surface area contributed by atoms with Crippen molar-refractivity contribution in [3.63, 3.8) is 0 Å². The molecule has 2 unspecified atom stereocenters. The van der Waals surface area contributed by atoms with E-state index in [9.17, 15) is 4.79 Å². The van der Waals surface area contributed by atoms with Crippen molar-refractivity contribution in [2.24, 2.45) is 10.4 Å². The highest BCUT2D eigenvalue weighted by atomic mass is 16.4. The molecule has 0 radical (unpaired) electrons. The number of aliphatic imine (C=N–C) groups is 1. The van der Waals surface area contributed by atoms with E-state index >= 15 is 0 Å². The lowest BCUT2D eigenvalue weighted by Gasteiger charge is -2.27. The summed E-state index contributed by atoms with van der Waals surface area (Å²) in [6.45, 7) is 0. The molecular formula is C11H2N6O2. The summed E-state index contributed by atoms with van der Waals surface area (Å²) >= 11 is 0. The van der Waals surface area contributed by atoms with Gasteiger partial charge in [0.1, 0.15) is 17.7 Å². The van der Waals surface area contributed by atoms with Gasteiger partial charge in [0.2, 0.25) is 5.41 Å². The van der Waals surface area contributed by atoms with Crippen LogP contribution in [0.2, 0.25) is 0 Å². The average molecular weight is 250 g/mol. The summed E-state index contributed by atoms with van der Waals surface area (Å²) in [6, 6.07) is 5.46. The molecule has 0 aliphatic carbocycles. The van der Waals surface area contributed by atoms with Crippen LogP contribution in [-0.4, -0.2) is 22.8 Å². The summed E-state index contributed by atoms with van der Waals surface area (Å²) in [5.41, 5.74) is -4.45. The van der Waals surface area contributed by atoms with Crippen molar-refractivity contribution in [1.82, 2.24) is 0 Å². The Labute approximate surface area is 107 Å². The third kappa shape index (κ3) is 1.56. The van der Waals surface area contributed by atoms with Crippen LogP contribution in [0.3, 0.4) is 0 Å². The van der Waals surface area contributed by atoms with E-state index < -0.39 is 34.3 Å². The smallest absolute Gasteiger partial charge is 0.332 e. The number of aliphatic carboxylic acids is 1. The van der Waals surface area contributed by atoms with Crippen molar-refractivity contribution in [3.8, 4) is 30.3 Å². The highest BCUT2D eigenvalue weighted by molar-refractivity contribution is 6.17. The molecular weight excluding hydrogens is 248 g/mol. The Morgan fingerprint density at radius 2 is 1.79 bits per heavy atom. The molecule has 0 saturated heterocycles. The number of nitrogens with zero attached hydrogens (tertiary/aromatic N) is 6. The lowest BCUT2D eigenvalue weighted by Crippen LogP contribution is -2.45. The number of hydrogen-bond acceptors (Lipinski definition) is 7. The molecule has 0 bridgehead atoms. The minimum atomic E-state index is -2.57. The molecule has 0 aromatic rings. The summed E-state index contributed by atoms with van der Waals surface area (Å²) < 4.78 is 0. The first kappa shape index (κ1) is 13.4. The predicted molar refractivity (Wildman–Crippen MR) is 56.4 cm³/mol. The monoisotopic (exact) mass is 250 g/mol. The van der Waals surface area contributed by atoms with Gasteiger partial charge in [0.05, 0.1) is 23.8 Å². The van der Waals surface area contributed by atoms with Crippen molar-refractivity contribution < 1.29 is 9.90 Å². The van der Waals surface area contributed by atoms with Crippen LogP contribution >= 0.6 is 0 Å². The predicted octanol–water partition coefficient (Wildman–Crippen LogP) is -0.205. The van der Waals surface area contributed by atoms with E-state index in [1.807, 2.05) is 0 Å². The first-order chi connectivity index (χ1) is 9.03. The SMILES string of the molecule is N#CC1=NC(C#N)C(C#N)(C(=O)O)C(C#N)=C1C#N. The number of carbonyl (C=O) groups is 1. The van der Waals surface area contributed by atoms with E-state index in [0.29, 0.717) is 0 Å². The topological polar surface area (TPSA) is 169 Å². The molecule has 8 nitrogen and oxygen atoms in total. The molecule has 1 aliphatic rings. The van der Waals surface area contributed by atoms with Crippen molar-refractivity contribution in [2.75, 3.05) is 0 Å². The quantitative estimate of drug-likeness (QED) is 0.671. The van der Waals surface area contributed by atoms with Gasteiger partial charge in [0.15, 0.2) is 11.8 Å². The summed E-state index contributed by atoms with van der Waals surface area (Å²) in [5.74, 6) is -1.77. The lowest BCUT2D eigenvalue weighted by atomic mass is 9.71. The number of nitriles is 5. The highest BCUT2D eigenvalue weighted by Gasteiger charge is 2.55. The van der Waals surface area contributed by atoms with Crippen LogP contribution in [-0.2, 0) is 4.79 Å². The number of dihydropyridines is 1. The van der Waals surface area contributed by atoms with Gasteiger partial charge in [-0.25, -0.2) is 4.79 Å². The van der Waals surface area contributed by atoms with Crippen LogP contribution in [0.15, 0.2) is 16.1 Å². The van der Waals surface area contributed by atoms with Crippen molar-refractivity contribution in [2.45, 2.75) is 6.04 Å². The number of allylic oxidation sites excluding steroid dienone is 1. The fourth-order valence-corrected chi connectivity index (χ4v) is 1.59. The molecule has 0 aromatic heterocycles. The molecule has 0 fully saturated rings. The minimum absolute atomic E-state index is 0.530. The van der Waals surface area contributed by atoms with Gasteiger partial charge in [-0.2, -0.15) is 26.3 Å². The fourth-order valence-electron chi connectivity index (χ4n) is 1.59. The molecule has 0 spiro atoms. The van der Waals surface area contributed by atoms with Crippen LogP contribution in [0.4, 0.5) is 0 Å². The van der Waals surface area contributed by atoms with Crippen molar-refractivity contribution >= 4 is 11.7 Å². The molecule has 1 rings (SSSR count). The van der Waals surface area contributed by atoms with Crippen molar-refractivity contribution in [3.05, 3.63) is 11.1 Å². The lowest BCUT2D eigenvalue weighted by molar-refractivity contribution is -0.143. The van der Waals surface area contributed by atoms with Crippen LogP contribution in [0, 0.1) is 62.1 Å². The third-order valence-electron chi connectivity index (χ3n) is 2.51. The molecule has 2 atom stereocenters. The van der Waals surface area contributed by atoms with Crippen LogP contribution in [0.5, 0.6) is 0 Å². The second kappa shape index (κ2) is 4.68. The average Bonchev–Trinajstić information content (AvgIpc) is 2.43. The second-order valence-corrected chi connectivity index (χ2v) is 3.32. The van der Waals surface area contributed by atoms with Crippen LogP contribution < -0.4 is 0 Å². The number of carboxylic acids is 1. The first-order valence-electron chi connectivity index (χ1n) is 4.60. The maximum atomic E-state index is 11.3. The largest absolute Gasteiger partial charge is 0.480 e. The second-order valence-electron chi connectivity index (χ2n) is 3.32. The number of hydrogen-bond donors (Lipinski definition) is 1. The van der Waals surface area contributed by atoms with Crippen LogP contribution in [0.1, 0.15) is 0 Å². The van der Waals surface area contributed by atoms with Gasteiger partial charge in [0, 0.05) is 0 Å². The summed E-state index contributed by atoms with van der Waals surface area (Å²) in [5, 5.41) is 53.8. The zero-order valence-corrected chi connectivity index (χ0v) is 9.12. The standard InChI is InChI=1S/C11H2N6O2/c12-1-6-7(2-13)11(5-16,10(18)19)9(4-15)17-8(6)3-14/h9H,(H,18,19). The third-order valence-corrected chi connectivity index (χ3v) is 2.51. The van der Waals surface area contributed by atoms with E-state index in [-0.39, 0.29) is 0 Å². The molecule has 1 N–H and O–H groups in total. The Kier molecular flexibility index (Phi) is 3.30. The van der Waals surface area contributed by atoms with E-state index in [1.165, 1.54) is 30.3 Å². The summed E-state index contributed by atoms with van der Waals surface area (Å²) in [6.07, 6.45) is 0. The zero-order valence-electron chi connectivity index (χ0n) is 9.12. The molecule has 0 amide bonds. The zero-order chi connectivity index (χ0) is 14.6. The molecule has 8 heteroatoms. The Morgan fingerprint density at radius 1 is 1.16 bits per heavy atom. The summed E-state index contributed by atoms with van der Waals surface area (Å²) in [7, 11) is 0. The van der Waals surface area contributed by atoms with Gasteiger partial charge in [-0.05, 0) is 0 Å². The van der Waals surface area contributed by atoms with E-state index in [0.717, 1.165) is 0 Å². The summed E-state index contributed by atoms with van der Waals surface area (Å²) in [4.78, 5) is 14.8. The maximum absolute atomic E-state index is 11.3. The molecule has 0 aromatic carbocycles. The van der Waals surface area contributed by atoms with Crippen LogP contribution in [0.25, 0.3) is 0 Å². The maximum Gasteiger partial charge on any atom is 0.332 e. The van der Waals surface area contributed by atoms with Gasteiger partial charge in [0.25, 0.3) is 0 Å². The van der Waals surface area contributed by atoms with Gasteiger partial charge in [-0.15, -0.1) is 0 Å². The Bertz CT molecular complexity index is 728. The van der Waals surface area contributed by atoms with Crippen molar-refractivity contribution in [1.29, 1.82) is 26.3 Å². The Morgan fingerprint density at radius 3 is 2.11 bits per heavy atom.